The van der Waals surface area contributed by atoms with Gasteiger partial charge in [-0.05, 0) is 64.7 Å². The maximum Gasteiger partial charge on any atom is 0.411 e. The zero-order chi connectivity index (χ0) is 20.9. The first-order chi connectivity index (χ1) is 13.1. The van der Waals surface area contributed by atoms with Gasteiger partial charge in [-0.15, -0.1) is 0 Å². The number of rotatable bonds is 4. The Hall–Kier alpha value is -2.07. The Morgan fingerprint density at radius 2 is 1.96 bits per heavy atom. The van der Waals surface area contributed by atoms with Crippen LogP contribution < -0.4 is 5.32 Å². The van der Waals surface area contributed by atoms with Gasteiger partial charge in [0.2, 0.25) is 5.91 Å². The van der Waals surface area contributed by atoms with Gasteiger partial charge in [0.25, 0.3) is 0 Å². The highest BCUT2D eigenvalue weighted by molar-refractivity contribution is 9.10. The Balaban J connectivity index is 2.09. The molecule has 1 fully saturated rings. The topological polar surface area (TPSA) is 82.4 Å². The van der Waals surface area contributed by atoms with E-state index in [9.17, 15) is 14.9 Å². The van der Waals surface area contributed by atoms with Gasteiger partial charge in [0.1, 0.15) is 17.7 Å². The van der Waals surface area contributed by atoms with Crippen molar-refractivity contribution in [1.82, 2.24) is 10.2 Å². The fraction of sp³-hybridized carbons (Fsp3) is 0.571. The van der Waals surface area contributed by atoms with Crippen molar-refractivity contribution in [3.05, 3.63) is 34.3 Å². The lowest BCUT2D eigenvalue weighted by molar-refractivity contribution is -0.129. The van der Waals surface area contributed by atoms with Crippen molar-refractivity contribution in [2.75, 3.05) is 0 Å². The smallest absolute Gasteiger partial charge is 0.411 e. The van der Waals surface area contributed by atoms with Crippen molar-refractivity contribution in [2.24, 2.45) is 0 Å². The Kier molecular flexibility index (Phi) is 7.48. The summed E-state index contributed by atoms with van der Waals surface area (Å²) in [4.78, 5) is 27.1. The minimum absolute atomic E-state index is 0.0913. The van der Waals surface area contributed by atoms with Gasteiger partial charge < -0.3 is 10.1 Å². The molecule has 0 bridgehead atoms. The first-order valence-electron chi connectivity index (χ1n) is 9.56. The number of carbonyl (C=O) groups excluding carboxylic acids is 2. The summed E-state index contributed by atoms with van der Waals surface area (Å²) in [5.41, 5.74) is 0.322. The van der Waals surface area contributed by atoms with Crippen molar-refractivity contribution in [1.29, 1.82) is 5.26 Å². The van der Waals surface area contributed by atoms with Crippen molar-refractivity contribution in [3.63, 3.8) is 0 Å². The van der Waals surface area contributed by atoms with Crippen LogP contribution in [0.25, 0.3) is 0 Å². The Labute approximate surface area is 175 Å². The predicted molar refractivity (Wildman–Crippen MR) is 111 cm³/mol. The maximum atomic E-state index is 12.9. The highest BCUT2D eigenvalue weighted by atomic mass is 79.9. The number of ether oxygens (including phenoxy) is 1. The lowest BCUT2D eigenvalue weighted by Crippen LogP contribution is -2.57. The van der Waals surface area contributed by atoms with Crippen LogP contribution in [-0.4, -0.2) is 40.6 Å². The number of nitrogens with zero attached hydrogens (tertiary/aromatic N) is 2. The van der Waals surface area contributed by atoms with Gasteiger partial charge in [0.05, 0.1) is 6.07 Å². The number of nitrogens with one attached hydrogen (secondary N) is 1. The minimum atomic E-state index is -0.661. The van der Waals surface area contributed by atoms with Crippen molar-refractivity contribution in [2.45, 2.75) is 77.1 Å². The third-order valence-electron chi connectivity index (χ3n) is 4.64. The maximum absolute atomic E-state index is 12.9. The summed E-state index contributed by atoms with van der Waals surface area (Å²) >= 11 is 3.38. The van der Waals surface area contributed by atoms with Crippen molar-refractivity contribution < 1.29 is 14.3 Å². The molecule has 0 aromatic heterocycles. The second kappa shape index (κ2) is 9.42. The third kappa shape index (κ3) is 6.23. The van der Waals surface area contributed by atoms with Crippen molar-refractivity contribution in [3.8, 4) is 6.07 Å². The van der Waals surface area contributed by atoms with Gasteiger partial charge >= 0.3 is 6.09 Å². The number of hydrogen-bond donors (Lipinski definition) is 1. The van der Waals surface area contributed by atoms with Crippen LogP contribution in [0.3, 0.4) is 0 Å². The number of piperidine rings is 1. The summed E-state index contributed by atoms with van der Waals surface area (Å²) in [5.74, 6) is -0.305. The number of hydrogen-bond acceptors (Lipinski definition) is 4. The number of nitriles is 1. The van der Waals surface area contributed by atoms with Gasteiger partial charge in [-0.2, -0.15) is 5.26 Å². The summed E-state index contributed by atoms with van der Waals surface area (Å²) in [6, 6.07) is 8.40. The molecule has 1 aliphatic heterocycles. The summed E-state index contributed by atoms with van der Waals surface area (Å²) in [7, 11) is 0. The number of benzene rings is 1. The molecule has 1 heterocycles. The van der Waals surface area contributed by atoms with E-state index < -0.39 is 23.8 Å². The van der Waals surface area contributed by atoms with E-state index >= 15 is 0 Å². The van der Waals surface area contributed by atoms with Gasteiger partial charge in [0.15, 0.2) is 0 Å². The predicted octanol–water partition coefficient (Wildman–Crippen LogP) is 4.18. The fourth-order valence-corrected chi connectivity index (χ4v) is 3.59. The average molecular weight is 450 g/mol. The molecular weight excluding hydrogens is 422 g/mol. The second-order valence-electron chi connectivity index (χ2n) is 8.20. The van der Waals surface area contributed by atoms with Crippen LogP contribution in [0.2, 0.25) is 0 Å². The molecule has 28 heavy (non-hydrogen) atoms. The molecule has 152 valence electrons. The van der Waals surface area contributed by atoms with E-state index in [1.807, 2.05) is 31.2 Å². The number of amides is 2. The first kappa shape index (κ1) is 22.2. The number of halogens is 1. The molecule has 1 saturated heterocycles. The van der Waals surface area contributed by atoms with Gasteiger partial charge in [0, 0.05) is 16.9 Å². The molecule has 1 aliphatic rings. The molecule has 2 amide bonds. The van der Waals surface area contributed by atoms with Crippen LogP contribution in [0.5, 0.6) is 0 Å². The van der Waals surface area contributed by atoms with E-state index in [-0.39, 0.29) is 11.9 Å². The molecule has 0 radical (unpaired) electrons. The third-order valence-corrected chi connectivity index (χ3v) is 5.17. The van der Waals surface area contributed by atoms with Crippen LogP contribution >= 0.6 is 15.9 Å². The molecule has 7 heteroatoms. The fourth-order valence-electron chi connectivity index (χ4n) is 3.32. The summed E-state index contributed by atoms with van der Waals surface area (Å²) in [6.45, 7) is 7.34. The van der Waals surface area contributed by atoms with Crippen LogP contribution in [0.1, 0.15) is 52.5 Å². The minimum Gasteiger partial charge on any atom is -0.444 e. The quantitative estimate of drug-likeness (QED) is 0.746. The monoisotopic (exact) mass is 449 g/mol. The molecule has 1 aromatic carbocycles. The Morgan fingerprint density at radius 1 is 1.32 bits per heavy atom. The SMILES string of the molecule is C[C@H]1CCCC(C(=O)N[C@H](C#N)Cc2ccc(Br)cc2)N1C(=O)OC(C)(C)C. The molecule has 0 aliphatic carbocycles. The highest BCUT2D eigenvalue weighted by Crippen LogP contribution is 2.25. The normalized spacial score (nSPS) is 20.8. The van der Waals surface area contributed by atoms with Crippen LogP contribution in [0.4, 0.5) is 4.79 Å². The van der Waals surface area contributed by atoms with Crippen LogP contribution in [0.15, 0.2) is 28.7 Å². The zero-order valence-corrected chi connectivity index (χ0v) is 18.5. The highest BCUT2D eigenvalue weighted by Gasteiger charge is 2.39. The van der Waals surface area contributed by atoms with E-state index in [0.717, 1.165) is 22.9 Å². The lowest BCUT2D eigenvalue weighted by atomic mass is 9.96. The van der Waals surface area contributed by atoms with Crippen molar-refractivity contribution >= 4 is 27.9 Å². The molecule has 1 aromatic rings. The first-order valence-corrected chi connectivity index (χ1v) is 10.4. The molecular formula is C21H28BrN3O3. The van der Waals surface area contributed by atoms with Gasteiger partial charge in [-0.3, -0.25) is 9.69 Å². The van der Waals surface area contributed by atoms with E-state index in [2.05, 4.69) is 27.3 Å². The lowest BCUT2D eigenvalue weighted by Gasteiger charge is -2.40. The molecule has 1 unspecified atom stereocenters. The van der Waals surface area contributed by atoms with E-state index in [1.165, 1.54) is 4.90 Å². The number of likely N-dealkylation sites (tertiary alicyclic amines) is 1. The Bertz CT molecular complexity index is 737. The zero-order valence-electron chi connectivity index (χ0n) is 16.9. The largest absolute Gasteiger partial charge is 0.444 e. The molecule has 2 rings (SSSR count). The molecule has 1 N–H and O–H groups in total. The van der Waals surface area contributed by atoms with Gasteiger partial charge in [-0.1, -0.05) is 28.1 Å². The molecule has 0 spiro atoms. The second-order valence-corrected chi connectivity index (χ2v) is 9.12. The average Bonchev–Trinajstić information content (AvgIpc) is 2.61. The standard InChI is InChI=1S/C21H28BrN3O3/c1-14-6-5-7-18(25(14)20(27)28-21(2,3)4)19(26)24-17(13-23)12-15-8-10-16(22)11-9-15/h8-11,14,17-18H,5-7,12H2,1-4H3,(H,24,26)/t14-,17-,18?/m0/s1. The van der Waals surface area contributed by atoms with Crippen LogP contribution in [0, 0.1) is 11.3 Å². The molecule has 0 saturated carbocycles. The summed E-state index contributed by atoms with van der Waals surface area (Å²) in [6.07, 6.45) is 2.16. The Morgan fingerprint density at radius 3 is 2.54 bits per heavy atom. The van der Waals surface area contributed by atoms with Crippen LogP contribution in [-0.2, 0) is 16.0 Å². The van der Waals surface area contributed by atoms with E-state index in [0.29, 0.717) is 12.8 Å². The summed E-state index contributed by atoms with van der Waals surface area (Å²) < 4.78 is 6.46. The molecule has 3 atom stereocenters. The molecule has 6 nitrogen and oxygen atoms in total. The van der Waals surface area contributed by atoms with Gasteiger partial charge in [-0.25, -0.2) is 4.79 Å². The van der Waals surface area contributed by atoms with E-state index in [4.69, 9.17) is 4.74 Å². The number of carbonyl (C=O) groups is 2. The summed E-state index contributed by atoms with van der Waals surface area (Å²) in [5, 5.41) is 12.3. The van der Waals surface area contributed by atoms with E-state index in [1.54, 1.807) is 20.8 Å².